The molecule has 47 heavy (non-hydrogen) atoms. The van der Waals surface area contributed by atoms with Gasteiger partial charge in [-0.05, 0) is 24.3 Å². The predicted molar refractivity (Wildman–Crippen MR) is 166 cm³/mol. The van der Waals surface area contributed by atoms with Crippen molar-refractivity contribution in [1.82, 2.24) is 24.9 Å². The third kappa shape index (κ3) is 26.1. The molecule has 17 nitrogen and oxygen atoms in total. The zero-order chi connectivity index (χ0) is 34.7. The van der Waals surface area contributed by atoms with Crippen LogP contribution in [0.5, 0.6) is 5.75 Å². The van der Waals surface area contributed by atoms with Gasteiger partial charge in [0.1, 0.15) is 18.6 Å². The number of nitrogens with one attached hydrogen (secondary N) is 1. The van der Waals surface area contributed by atoms with Gasteiger partial charge in [-0.25, -0.2) is 4.89 Å². The number of hydrogen-bond donors (Lipinski definition) is 6. The van der Waals surface area contributed by atoms with E-state index in [4.69, 9.17) is 15.1 Å². The molecule has 0 aromatic heterocycles. The minimum Gasteiger partial charge on any atom is -0.508 e. The Balaban J connectivity index is 0. The molecule has 0 bridgehead atoms. The summed E-state index contributed by atoms with van der Waals surface area (Å²) in [5, 5.41) is 47.4. The molecule has 1 aromatic rings. The predicted octanol–water partition coefficient (Wildman–Crippen LogP) is -0.687. The fourth-order valence-electron chi connectivity index (χ4n) is 4.06. The van der Waals surface area contributed by atoms with Crippen LogP contribution in [0, 0.1) is 0 Å². The van der Waals surface area contributed by atoms with E-state index in [2.05, 4.69) is 10.2 Å². The minimum atomic E-state index is -1.02. The van der Waals surface area contributed by atoms with Crippen LogP contribution in [-0.4, -0.2) is 180 Å². The van der Waals surface area contributed by atoms with Crippen LogP contribution in [0.2, 0.25) is 0 Å². The van der Waals surface area contributed by atoms with E-state index in [0.29, 0.717) is 57.9 Å². The number of hydrogen-bond acceptors (Lipinski definition) is 13. The fraction of sp³-hybridized carbons (Fsp3) is 0.621. The summed E-state index contributed by atoms with van der Waals surface area (Å²) < 4.78 is 5.16. The Morgan fingerprint density at radius 1 is 0.702 bits per heavy atom. The summed E-state index contributed by atoms with van der Waals surface area (Å²) in [6.45, 7) is 6.71. The number of benzene rings is 1. The summed E-state index contributed by atoms with van der Waals surface area (Å²) in [6.07, 6.45) is 0.736. The van der Waals surface area contributed by atoms with Crippen LogP contribution in [0.25, 0.3) is 0 Å². The maximum Gasteiger partial charge on any atom is 0.317 e. The molecule has 0 spiro atoms. The van der Waals surface area contributed by atoms with Gasteiger partial charge in [-0.1, -0.05) is 13.8 Å². The van der Waals surface area contributed by atoms with Crippen molar-refractivity contribution < 1.29 is 92.0 Å². The van der Waals surface area contributed by atoms with Crippen molar-refractivity contribution in [1.29, 1.82) is 0 Å². The molecule has 1 aliphatic heterocycles. The molecule has 0 unspecified atom stereocenters. The number of nitrogens with zero attached hydrogens (tertiary/aromatic N) is 4. The zero-order valence-corrected chi connectivity index (χ0v) is 30.0. The average Bonchev–Trinajstić information content (AvgIpc) is 3.01. The van der Waals surface area contributed by atoms with E-state index in [0.717, 1.165) is 6.29 Å². The second-order valence-electron chi connectivity index (χ2n) is 9.79. The number of rotatable bonds is 15. The van der Waals surface area contributed by atoms with Crippen LogP contribution in [-0.2, 0) is 61.5 Å². The molecule has 0 saturated carbocycles. The first-order valence-electron chi connectivity index (χ1n) is 14.9. The van der Waals surface area contributed by atoms with Crippen molar-refractivity contribution in [3.05, 3.63) is 29.8 Å². The van der Waals surface area contributed by atoms with E-state index in [1.165, 1.54) is 12.1 Å². The summed E-state index contributed by atoms with van der Waals surface area (Å²) in [5.41, 5.74) is 0.577. The monoisotopic (exact) mass is 748 g/mol. The second kappa shape index (κ2) is 29.5. The van der Waals surface area contributed by atoms with Crippen LogP contribution in [0.1, 0.15) is 24.2 Å². The molecule has 1 aromatic carbocycles. The minimum absolute atomic E-state index is 0. The second-order valence-corrected chi connectivity index (χ2v) is 9.79. The molecule has 1 aliphatic rings. The number of carbonyl (C=O) groups is 5. The van der Waals surface area contributed by atoms with E-state index < -0.39 is 17.9 Å². The zero-order valence-electron chi connectivity index (χ0n) is 27.2. The Bertz CT molecular complexity index is 990. The molecule has 265 valence electrons. The molecule has 6 N–H and O–H groups in total. The molecule has 0 atom stereocenters. The third-order valence-corrected chi connectivity index (χ3v) is 6.29. The average molecular weight is 749 g/mol. The molecule has 2 rings (SSSR count). The quantitative estimate of drug-likeness (QED) is 0.0565. The van der Waals surface area contributed by atoms with Crippen molar-refractivity contribution in [2.45, 2.75) is 13.8 Å². The van der Waals surface area contributed by atoms with Crippen LogP contribution in [0.3, 0.4) is 0 Å². The molecule has 1 amide bonds. The van der Waals surface area contributed by atoms with Crippen molar-refractivity contribution in [3.63, 3.8) is 0 Å². The Morgan fingerprint density at radius 3 is 1.43 bits per heavy atom. The van der Waals surface area contributed by atoms with Gasteiger partial charge in [0, 0.05) is 97.2 Å². The summed E-state index contributed by atoms with van der Waals surface area (Å²) >= 11 is 0. The van der Waals surface area contributed by atoms with Gasteiger partial charge in [-0.3, -0.25) is 48.8 Å². The number of aliphatic carboxylic acids is 3. The largest absolute Gasteiger partial charge is 0.508 e. The van der Waals surface area contributed by atoms with Crippen molar-refractivity contribution >= 4 is 30.1 Å². The number of carboxylic acid groups (broad SMARTS) is 3. The maximum atomic E-state index is 12.4. The molecule has 1 heterocycles. The Morgan fingerprint density at radius 2 is 1.09 bits per heavy atom. The summed E-state index contributed by atoms with van der Waals surface area (Å²) in [6, 6.07) is 6.07. The van der Waals surface area contributed by atoms with Crippen molar-refractivity contribution in [2.24, 2.45) is 0 Å². The van der Waals surface area contributed by atoms with Gasteiger partial charge in [-0.15, -0.1) is 0 Å². The van der Waals surface area contributed by atoms with Gasteiger partial charge in [0.2, 0.25) is 5.91 Å². The first kappa shape index (κ1) is 46.5. The number of aromatic hydroxyl groups is 1. The van der Waals surface area contributed by atoms with Gasteiger partial charge in [-0.2, -0.15) is 0 Å². The number of ether oxygens (including phenoxy) is 1. The molecule has 18 heteroatoms. The molecule has 1 radical (unpaired) electrons. The van der Waals surface area contributed by atoms with Crippen LogP contribution >= 0.6 is 0 Å². The first-order chi connectivity index (χ1) is 22.0. The van der Waals surface area contributed by atoms with Crippen molar-refractivity contribution in [3.8, 4) is 5.75 Å². The summed E-state index contributed by atoms with van der Waals surface area (Å²) in [4.78, 5) is 67.0. The van der Waals surface area contributed by atoms with E-state index in [1.807, 2.05) is 18.7 Å². The van der Waals surface area contributed by atoms with E-state index >= 15 is 0 Å². The Kier molecular flexibility index (Phi) is 29.2. The number of phenolic OH excluding ortho intramolecular Hbond substituents is 1. The Labute approximate surface area is 300 Å². The van der Waals surface area contributed by atoms with Gasteiger partial charge in [0.25, 0.3) is 0 Å². The van der Waals surface area contributed by atoms with Crippen LogP contribution < -0.4 is 5.32 Å². The molecule has 0 aliphatic carbocycles. The molecule has 1 saturated heterocycles. The molecular weight excluding hydrogens is 699 g/mol. The van der Waals surface area contributed by atoms with E-state index in [1.54, 1.807) is 26.8 Å². The number of carboxylic acids is 3. The fourth-order valence-corrected chi connectivity index (χ4v) is 4.06. The normalized spacial score (nSPS) is 15.1. The SMILES string of the molecule is CC.O=C(O)CN1CCN(CC(=O)O)CCN(CC(=O)NCCOCCOO)CCN(CC(=O)O)CC1.O=Cc1ccc(O)cc1.[Y]. The maximum absolute atomic E-state index is 12.4. The standard InChI is InChI=1S/C20H37N5O10.C7H6O2.C2H6.Y/c26-17(21-1-10-34-11-12-35-33)13-22-2-4-23(14-18(27)28)6-8-25(16-20(31)32)9-7-24(5-3-22)15-19(29)30;8-5-6-1-3-7(9)4-2-6;1-2;/h33H,1-16H2,(H,21,26)(H,27,28)(H,29,30)(H,31,32);1-5,9H;1-2H3;. The Hall–Kier alpha value is -2.61. The third-order valence-electron chi connectivity index (χ3n) is 6.29. The van der Waals surface area contributed by atoms with E-state index in [-0.39, 0.29) is 96.9 Å². The van der Waals surface area contributed by atoms with Gasteiger partial charge in [0.15, 0.2) is 0 Å². The number of phenols is 1. The smallest absolute Gasteiger partial charge is 0.317 e. The van der Waals surface area contributed by atoms with Crippen LogP contribution in [0.15, 0.2) is 24.3 Å². The summed E-state index contributed by atoms with van der Waals surface area (Å²) in [5.74, 6) is -3.12. The first-order valence-corrected chi connectivity index (χ1v) is 14.9. The number of aldehydes is 1. The van der Waals surface area contributed by atoms with Crippen LogP contribution in [0.4, 0.5) is 0 Å². The summed E-state index contributed by atoms with van der Waals surface area (Å²) in [7, 11) is 0. The van der Waals surface area contributed by atoms with Gasteiger partial charge in [0.05, 0.1) is 39.4 Å². The number of amides is 1. The molecule has 1 fully saturated rings. The topological polar surface area (TPSA) is 230 Å². The van der Waals surface area contributed by atoms with E-state index in [9.17, 15) is 39.3 Å². The van der Waals surface area contributed by atoms with Crippen molar-refractivity contribution in [2.75, 3.05) is 105 Å². The molecular formula is C29H49N5O12Y. The van der Waals surface area contributed by atoms with Gasteiger partial charge < -0.3 is 30.5 Å². The number of carbonyl (C=O) groups excluding carboxylic acids is 2. The van der Waals surface area contributed by atoms with Gasteiger partial charge >= 0.3 is 17.9 Å².